The van der Waals surface area contributed by atoms with E-state index in [0.717, 1.165) is 0 Å². The lowest BCUT2D eigenvalue weighted by atomic mass is 9.99. The number of carbonyl (C=O) groups is 2. The predicted molar refractivity (Wildman–Crippen MR) is 71.0 cm³/mol. The normalized spacial score (nSPS) is 13.4. The molecular formula is C13H19N3O2. The summed E-state index contributed by atoms with van der Waals surface area (Å²) in [6, 6.07) is 8.52. The molecular weight excluding hydrogens is 230 g/mol. The summed E-state index contributed by atoms with van der Waals surface area (Å²) in [5, 5.41) is 5.44. The Hall–Kier alpha value is -2.04. The van der Waals surface area contributed by atoms with Crippen LogP contribution >= 0.6 is 0 Å². The third kappa shape index (κ3) is 4.08. The van der Waals surface area contributed by atoms with Gasteiger partial charge >= 0.3 is 6.03 Å². The van der Waals surface area contributed by atoms with Crippen LogP contribution in [0.4, 0.5) is 10.5 Å². The molecule has 1 aromatic rings. The summed E-state index contributed by atoms with van der Waals surface area (Å²) in [7, 11) is 0. The van der Waals surface area contributed by atoms with Gasteiger partial charge in [0.15, 0.2) is 0 Å². The number of nitrogens with two attached hydrogens (primary N) is 1. The van der Waals surface area contributed by atoms with Crippen LogP contribution in [0, 0.1) is 5.92 Å². The number of anilines is 1. The molecule has 0 aliphatic carbocycles. The number of para-hydroxylation sites is 1. The number of benzene rings is 1. The first-order valence-electron chi connectivity index (χ1n) is 5.96. The van der Waals surface area contributed by atoms with Crippen molar-refractivity contribution in [2.24, 2.45) is 11.7 Å². The number of urea groups is 1. The Morgan fingerprint density at radius 1 is 1.28 bits per heavy atom. The predicted octanol–water partition coefficient (Wildman–Crippen LogP) is 1.71. The van der Waals surface area contributed by atoms with E-state index in [0.29, 0.717) is 12.1 Å². The standard InChI is InChI=1S/C13H19N3O2/c1-3-11(9(2)12(14)17)16-13(18)15-10-7-5-4-6-8-10/h4-9,11H,3H2,1-2H3,(H2,14,17)(H2,15,16,18). The van der Waals surface area contributed by atoms with Crippen LogP contribution in [0.2, 0.25) is 0 Å². The van der Waals surface area contributed by atoms with Crippen molar-refractivity contribution in [3.8, 4) is 0 Å². The van der Waals surface area contributed by atoms with Crippen molar-refractivity contribution >= 4 is 17.6 Å². The maximum Gasteiger partial charge on any atom is 0.319 e. The van der Waals surface area contributed by atoms with Gasteiger partial charge in [-0.05, 0) is 18.6 Å². The molecule has 0 aliphatic rings. The van der Waals surface area contributed by atoms with Gasteiger partial charge in [-0.3, -0.25) is 4.79 Å². The van der Waals surface area contributed by atoms with E-state index in [4.69, 9.17) is 5.73 Å². The van der Waals surface area contributed by atoms with Crippen molar-refractivity contribution < 1.29 is 9.59 Å². The summed E-state index contributed by atoms with van der Waals surface area (Å²) in [6.45, 7) is 3.60. The highest BCUT2D eigenvalue weighted by Gasteiger charge is 2.21. The van der Waals surface area contributed by atoms with Gasteiger partial charge in [-0.1, -0.05) is 32.0 Å². The van der Waals surface area contributed by atoms with Crippen LogP contribution in [0.5, 0.6) is 0 Å². The molecule has 0 saturated carbocycles. The first-order chi connectivity index (χ1) is 8.54. The molecule has 5 nitrogen and oxygen atoms in total. The van der Waals surface area contributed by atoms with E-state index in [1.54, 1.807) is 19.1 Å². The molecule has 0 fully saturated rings. The third-order valence-electron chi connectivity index (χ3n) is 2.84. The average Bonchev–Trinajstić information content (AvgIpc) is 2.36. The summed E-state index contributed by atoms with van der Waals surface area (Å²) in [5.41, 5.74) is 5.94. The Labute approximate surface area is 107 Å². The van der Waals surface area contributed by atoms with Crippen molar-refractivity contribution in [2.75, 3.05) is 5.32 Å². The summed E-state index contributed by atoms with van der Waals surface area (Å²) >= 11 is 0. The number of rotatable bonds is 5. The first-order valence-corrected chi connectivity index (χ1v) is 5.96. The number of hydrogen-bond acceptors (Lipinski definition) is 2. The van der Waals surface area contributed by atoms with E-state index >= 15 is 0 Å². The Morgan fingerprint density at radius 3 is 2.39 bits per heavy atom. The minimum absolute atomic E-state index is 0.258. The Kier molecular flexibility index (Phi) is 5.17. The minimum atomic E-state index is -0.415. The van der Waals surface area contributed by atoms with Crippen molar-refractivity contribution in [3.05, 3.63) is 30.3 Å². The molecule has 18 heavy (non-hydrogen) atoms. The van der Waals surface area contributed by atoms with Crippen molar-refractivity contribution in [1.29, 1.82) is 0 Å². The molecule has 0 heterocycles. The fourth-order valence-corrected chi connectivity index (χ4v) is 1.64. The monoisotopic (exact) mass is 249 g/mol. The van der Waals surface area contributed by atoms with Crippen LogP contribution in [-0.4, -0.2) is 18.0 Å². The van der Waals surface area contributed by atoms with Gasteiger partial charge in [0.25, 0.3) is 0 Å². The van der Waals surface area contributed by atoms with Crippen molar-refractivity contribution in [2.45, 2.75) is 26.3 Å². The number of primary amides is 1. The molecule has 2 atom stereocenters. The van der Waals surface area contributed by atoms with E-state index in [1.807, 2.05) is 25.1 Å². The molecule has 4 N–H and O–H groups in total. The van der Waals surface area contributed by atoms with Gasteiger partial charge in [-0.25, -0.2) is 4.79 Å². The quantitative estimate of drug-likeness (QED) is 0.742. The third-order valence-corrected chi connectivity index (χ3v) is 2.84. The molecule has 5 heteroatoms. The highest BCUT2D eigenvalue weighted by Crippen LogP contribution is 2.08. The van der Waals surface area contributed by atoms with Gasteiger partial charge in [0.05, 0.1) is 5.92 Å². The van der Waals surface area contributed by atoms with Gasteiger partial charge in [-0.15, -0.1) is 0 Å². The van der Waals surface area contributed by atoms with E-state index in [9.17, 15) is 9.59 Å². The molecule has 0 aliphatic heterocycles. The summed E-state index contributed by atoms with van der Waals surface area (Å²) in [4.78, 5) is 22.8. The van der Waals surface area contributed by atoms with Crippen LogP contribution in [0.15, 0.2) is 30.3 Å². The molecule has 98 valence electrons. The molecule has 3 amide bonds. The van der Waals surface area contributed by atoms with E-state index in [2.05, 4.69) is 10.6 Å². The largest absolute Gasteiger partial charge is 0.369 e. The Bertz CT molecular complexity index is 406. The van der Waals surface area contributed by atoms with Crippen LogP contribution in [-0.2, 0) is 4.79 Å². The van der Waals surface area contributed by atoms with Crippen LogP contribution in [0.25, 0.3) is 0 Å². The van der Waals surface area contributed by atoms with Gasteiger partial charge in [-0.2, -0.15) is 0 Å². The summed E-state index contributed by atoms with van der Waals surface area (Å²) in [5.74, 6) is -0.807. The van der Waals surface area contributed by atoms with Crippen LogP contribution in [0.3, 0.4) is 0 Å². The number of amides is 3. The van der Waals surface area contributed by atoms with Gasteiger partial charge in [0.1, 0.15) is 0 Å². The molecule has 0 spiro atoms. The van der Waals surface area contributed by atoms with E-state index < -0.39 is 11.8 Å². The topological polar surface area (TPSA) is 84.2 Å². The molecule has 2 unspecified atom stereocenters. The molecule has 1 rings (SSSR count). The lowest BCUT2D eigenvalue weighted by Crippen LogP contribution is -2.45. The summed E-state index contributed by atoms with van der Waals surface area (Å²) < 4.78 is 0. The molecule has 1 aromatic carbocycles. The molecule has 0 bridgehead atoms. The van der Waals surface area contributed by atoms with Crippen molar-refractivity contribution in [1.82, 2.24) is 5.32 Å². The first kappa shape index (κ1) is 14.0. The zero-order chi connectivity index (χ0) is 13.5. The smallest absolute Gasteiger partial charge is 0.319 e. The maximum atomic E-state index is 11.7. The minimum Gasteiger partial charge on any atom is -0.369 e. The summed E-state index contributed by atoms with van der Waals surface area (Å²) in [6.07, 6.45) is 0.645. The van der Waals surface area contributed by atoms with Gasteiger partial charge < -0.3 is 16.4 Å². The second-order valence-electron chi connectivity index (χ2n) is 4.17. The molecule has 0 radical (unpaired) electrons. The van der Waals surface area contributed by atoms with Gasteiger partial charge in [0.2, 0.25) is 5.91 Å². The Morgan fingerprint density at radius 2 is 1.89 bits per heavy atom. The fraction of sp³-hybridized carbons (Fsp3) is 0.385. The Balaban J connectivity index is 2.55. The van der Waals surface area contributed by atoms with Crippen LogP contribution < -0.4 is 16.4 Å². The van der Waals surface area contributed by atoms with E-state index in [1.165, 1.54) is 0 Å². The SMILES string of the molecule is CCC(NC(=O)Nc1ccccc1)C(C)C(N)=O. The van der Waals surface area contributed by atoms with Crippen LogP contribution in [0.1, 0.15) is 20.3 Å². The highest BCUT2D eigenvalue weighted by molar-refractivity contribution is 5.90. The average molecular weight is 249 g/mol. The second-order valence-corrected chi connectivity index (χ2v) is 4.17. The zero-order valence-corrected chi connectivity index (χ0v) is 10.6. The second kappa shape index (κ2) is 6.64. The van der Waals surface area contributed by atoms with Gasteiger partial charge in [0, 0.05) is 11.7 Å². The highest BCUT2D eigenvalue weighted by atomic mass is 16.2. The molecule has 0 saturated heterocycles. The van der Waals surface area contributed by atoms with E-state index in [-0.39, 0.29) is 12.1 Å². The number of hydrogen-bond donors (Lipinski definition) is 3. The number of nitrogens with one attached hydrogen (secondary N) is 2. The lowest BCUT2D eigenvalue weighted by Gasteiger charge is -2.21. The molecule has 0 aromatic heterocycles. The van der Waals surface area contributed by atoms with Crippen molar-refractivity contribution in [3.63, 3.8) is 0 Å². The lowest BCUT2D eigenvalue weighted by molar-refractivity contribution is -0.122. The number of carbonyl (C=O) groups excluding carboxylic acids is 2. The maximum absolute atomic E-state index is 11.7. The fourth-order valence-electron chi connectivity index (χ4n) is 1.64. The zero-order valence-electron chi connectivity index (χ0n) is 10.6.